The van der Waals surface area contributed by atoms with Crippen molar-refractivity contribution in [3.05, 3.63) is 0 Å². The normalized spacial score (nSPS) is 48.2. The second kappa shape index (κ2) is 3.99. The summed E-state index contributed by atoms with van der Waals surface area (Å²) in [6.07, 6.45) is 4.10. The number of nitrogens with one attached hydrogen (secondary N) is 1. The Bertz CT molecular complexity index is 263. The van der Waals surface area contributed by atoms with Gasteiger partial charge in [-0.2, -0.15) is 0 Å². The molecule has 2 aliphatic rings. The molecule has 1 aliphatic carbocycles. The molecule has 1 heterocycles. The lowest BCUT2D eigenvalue weighted by atomic mass is 9.65. The third-order valence-electron chi connectivity index (χ3n) is 4.31. The third kappa shape index (κ3) is 2.43. The summed E-state index contributed by atoms with van der Waals surface area (Å²) in [5.41, 5.74) is 0.534. The molecule has 1 N–H and O–H groups in total. The average Bonchev–Trinajstić information content (AvgIpc) is 2.08. The van der Waals surface area contributed by atoms with Gasteiger partial charge in [0.15, 0.2) is 0 Å². The largest absolute Gasteiger partial charge is 0.369 e. The standard InChI is InChI=1S/C14H27NO/c1-10-6-13(4,5)8-14(7-10)9-15-11(2)12(3)16-14/h10-12,15H,6-9H2,1-5H3. The van der Waals surface area contributed by atoms with Crippen LogP contribution in [-0.4, -0.2) is 24.3 Å². The van der Waals surface area contributed by atoms with Crippen LogP contribution in [0.4, 0.5) is 0 Å². The smallest absolute Gasteiger partial charge is 0.0818 e. The molecule has 2 nitrogen and oxygen atoms in total. The fraction of sp³-hybridized carbons (Fsp3) is 1.00. The first-order valence-corrected chi connectivity index (χ1v) is 6.73. The van der Waals surface area contributed by atoms with Crippen molar-refractivity contribution in [2.24, 2.45) is 11.3 Å². The van der Waals surface area contributed by atoms with Gasteiger partial charge in [0.1, 0.15) is 0 Å². The summed E-state index contributed by atoms with van der Waals surface area (Å²) in [6, 6.07) is 0.492. The van der Waals surface area contributed by atoms with Crippen LogP contribution in [0.2, 0.25) is 0 Å². The molecule has 2 fully saturated rings. The summed E-state index contributed by atoms with van der Waals surface area (Å²) < 4.78 is 6.37. The number of hydrogen-bond donors (Lipinski definition) is 1. The van der Waals surface area contributed by atoms with E-state index in [1.807, 2.05) is 0 Å². The molecule has 94 valence electrons. The Morgan fingerprint density at radius 3 is 2.38 bits per heavy atom. The van der Waals surface area contributed by atoms with E-state index in [2.05, 4.69) is 39.9 Å². The van der Waals surface area contributed by atoms with Gasteiger partial charge in [0, 0.05) is 12.6 Å². The van der Waals surface area contributed by atoms with Crippen molar-refractivity contribution in [1.29, 1.82) is 0 Å². The van der Waals surface area contributed by atoms with Gasteiger partial charge in [0.2, 0.25) is 0 Å². The Labute approximate surface area is 100 Å². The summed E-state index contributed by atoms with van der Waals surface area (Å²) in [6.45, 7) is 12.6. The Kier molecular flexibility index (Phi) is 3.09. The minimum Gasteiger partial charge on any atom is -0.369 e. The van der Waals surface area contributed by atoms with Gasteiger partial charge in [0.05, 0.1) is 11.7 Å². The number of rotatable bonds is 0. The van der Waals surface area contributed by atoms with E-state index in [0.29, 0.717) is 17.6 Å². The lowest BCUT2D eigenvalue weighted by Gasteiger charge is -2.52. The van der Waals surface area contributed by atoms with Crippen molar-refractivity contribution < 1.29 is 4.74 Å². The maximum atomic E-state index is 6.37. The van der Waals surface area contributed by atoms with Crippen LogP contribution in [0.1, 0.15) is 53.9 Å². The molecule has 2 heteroatoms. The molecule has 0 bridgehead atoms. The molecule has 1 aliphatic heterocycles. The molecule has 1 spiro atoms. The molecule has 4 unspecified atom stereocenters. The molecule has 0 aromatic heterocycles. The Hall–Kier alpha value is -0.0800. The first-order chi connectivity index (χ1) is 7.32. The Morgan fingerprint density at radius 2 is 1.81 bits per heavy atom. The van der Waals surface area contributed by atoms with Crippen molar-refractivity contribution in [3.8, 4) is 0 Å². The van der Waals surface area contributed by atoms with Gasteiger partial charge < -0.3 is 10.1 Å². The highest BCUT2D eigenvalue weighted by Crippen LogP contribution is 2.46. The quantitative estimate of drug-likeness (QED) is 0.684. The van der Waals surface area contributed by atoms with Crippen molar-refractivity contribution in [3.63, 3.8) is 0 Å². The van der Waals surface area contributed by atoms with Crippen LogP contribution in [0.25, 0.3) is 0 Å². The maximum absolute atomic E-state index is 6.37. The summed E-state index contributed by atoms with van der Waals surface area (Å²) in [5.74, 6) is 0.783. The van der Waals surface area contributed by atoms with Crippen LogP contribution in [0.3, 0.4) is 0 Å². The third-order valence-corrected chi connectivity index (χ3v) is 4.31. The molecule has 16 heavy (non-hydrogen) atoms. The molecule has 0 aromatic rings. The van der Waals surface area contributed by atoms with Gasteiger partial charge >= 0.3 is 0 Å². The van der Waals surface area contributed by atoms with Crippen LogP contribution in [-0.2, 0) is 4.74 Å². The topological polar surface area (TPSA) is 21.3 Å². The SMILES string of the molecule is CC1CC(C)(C)CC2(CNC(C)C(C)O2)C1. The van der Waals surface area contributed by atoms with E-state index in [-0.39, 0.29) is 5.60 Å². The summed E-state index contributed by atoms with van der Waals surface area (Å²) in [4.78, 5) is 0. The van der Waals surface area contributed by atoms with E-state index >= 15 is 0 Å². The second-order valence-electron chi connectivity index (χ2n) is 7.03. The predicted molar refractivity (Wildman–Crippen MR) is 67.5 cm³/mol. The summed E-state index contributed by atoms with van der Waals surface area (Å²) in [5, 5.41) is 3.63. The first-order valence-electron chi connectivity index (χ1n) is 6.73. The van der Waals surface area contributed by atoms with Crippen LogP contribution in [0.5, 0.6) is 0 Å². The summed E-state index contributed by atoms with van der Waals surface area (Å²) >= 11 is 0. The first kappa shape index (κ1) is 12.4. The van der Waals surface area contributed by atoms with Gasteiger partial charge in [0.25, 0.3) is 0 Å². The number of ether oxygens (including phenoxy) is 1. The van der Waals surface area contributed by atoms with E-state index < -0.39 is 0 Å². The zero-order valence-electron chi connectivity index (χ0n) is 11.5. The van der Waals surface area contributed by atoms with E-state index in [4.69, 9.17) is 4.74 Å². The van der Waals surface area contributed by atoms with Crippen LogP contribution < -0.4 is 5.32 Å². The van der Waals surface area contributed by atoms with Gasteiger partial charge in [-0.3, -0.25) is 0 Å². The fourth-order valence-corrected chi connectivity index (χ4v) is 3.94. The average molecular weight is 225 g/mol. The highest BCUT2D eigenvalue weighted by atomic mass is 16.5. The van der Waals surface area contributed by atoms with Crippen molar-refractivity contribution in [1.82, 2.24) is 5.32 Å². The fourth-order valence-electron chi connectivity index (χ4n) is 3.94. The summed E-state index contributed by atoms with van der Waals surface area (Å²) in [7, 11) is 0. The van der Waals surface area contributed by atoms with Crippen LogP contribution >= 0.6 is 0 Å². The van der Waals surface area contributed by atoms with Crippen LogP contribution in [0, 0.1) is 11.3 Å². The number of morpholine rings is 1. The van der Waals surface area contributed by atoms with Gasteiger partial charge in [-0.15, -0.1) is 0 Å². The Morgan fingerprint density at radius 1 is 1.12 bits per heavy atom. The molecule has 1 saturated carbocycles. The monoisotopic (exact) mass is 225 g/mol. The molecular formula is C14H27NO. The lowest BCUT2D eigenvalue weighted by molar-refractivity contribution is -0.168. The Balaban J connectivity index is 2.12. The second-order valence-corrected chi connectivity index (χ2v) is 7.03. The van der Waals surface area contributed by atoms with Crippen molar-refractivity contribution in [2.45, 2.75) is 71.6 Å². The molecule has 0 aromatic carbocycles. The highest BCUT2D eigenvalue weighted by molar-refractivity contribution is 4.99. The van der Waals surface area contributed by atoms with Gasteiger partial charge in [-0.1, -0.05) is 20.8 Å². The van der Waals surface area contributed by atoms with Gasteiger partial charge in [-0.25, -0.2) is 0 Å². The molecule has 0 amide bonds. The van der Waals surface area contributed by atoms with Crippen LogP contribution in [0.15, 0.2) is 0 Å². The molecular weight excluding hydrogens is 198 g/mol. The lowest BCUT2D eigenvalue weighted by Crippen LogP contribution is -2.60. The molecule has 2 rings (SSSR count). The minimum absolute atomic E-state index is 0.104. The maximum Gasteiger partial charge on any atom is 0.0818 e. The molecule has 4 atom stereocenters. The minimum atomic E-state index is 0.104. The van der Waals surface area contributed by atoms with Gasteiger partial charge in [-0.05, 0) is 44.4 Å². The van der Waals surface area contributed by atoms with E-state index in [1.165, 1.54) is 19.3 Å². The molecule has 1 saturated heterocycles. The van der Waals surface area contributed by atoms with E-state index in [0.717, 1.165) is 12.5 Å². The van der Waals surface area contributed by atoms with E-state index in [1.54, 1.807) is 0 Å². The van der Waals surface area contributed by atoms with Crippen molar-refractivity contribution in [2.75, 3.05) is 6.54 Å². The number of hydrogen-bond acceptors (Lipinski definition) is 2. The zero-order chi connectivity index (χ0) is 12.0. The van der Waals surface area contributed by atoms with Crippen molar-refractivity contribution >= 4 is 0 Å². The highest BCUT2D eigenvalue weighted by Gasteiger charge is 2.46. The zero-order valence-corrected chi connectivity index (χ0v) is 11.5. The molecule has 0 radical (unpaired) electrons. The van der Waals surface area contributed by atoms with E-state index in [9.17, 15) is 0 Å². The predicted octanol–water partition coefficient (Wildman–Crippen LogP) is 2.97.